The number of primary amides is 1. The summed E-state index contributed by atoms with van der Waals surface area (Å²) in [5, 5.41) is -0.136. The third-order valence-corrected chi connectivity index (χ3v) is 13.2. The Bertz CT molecular complexity index is 1660. The van der Waals surface area contributed by atoms with Gasteiger partial charge in [0.05, 0.1) is 29.6 Å². The number of methoxy groups -OCH3 is 1. The molecule has 1 fully saturated rings. The number of fused-ring (bicyclic) bond motifs is 4. The number of aryl methyl sites for hydroxylation is 1. The second-order valence-electron chi connectivity index (χ2n) is 13.8. The van der Waals surface area contributed by atoms with E-state index >= 15 is 0 Å². The van der Waals surface area contributed by atoms with E-state index in [4.69, 9.17) is 26.8 Å². The van der Waals surface area contributed by atoms with Crippen molar-refractivity contribution < 1.29 is 27.5 Å². The lowest BCUT2D eigenvalue weighted by Gasteiger charge is -2.50. The normalized spacial score (nSPS) is 33.0. The number of rotatable bonds is 3. The zero-order chi connectivity index (χ0) is 32.9. The van der Waals surface area contributed by atoms with E-state index in [2.05, 4.69) is 21.8 Å². The zero-order valence-corrected chi connectivity index (χ0v) is 28.3. The van der Waals surface area contributed by atoms with Crippen molar-refractivity contribution in [3.8, 4) is 5.75 Å². The Morgan fingerprint density at radius 3 is 2.72 bits per heavy atom. The van der Waals surface area contributed by atoms with Crippen molar-refractivity contribution in [1.29, 1.82) is 0 Å². The molecule has 0 unspecified atom stereocenters. The second-order valence-corrected chi connectivity index (χ2v) is 16.3. The topological polar surface area (TPSA) is 128 Å². The Balaban J connectivity index is 1.47. The van der Waals surface area contributed by atoms with Crippen LogP contribution in [0, 0.1) is 17.8 Å². The molecule has 0 saturated heterocycles. The van der Waals surface area contributed by atoms with Gasteiger partial charge in [0.1, 0.15) is 5.75 Å². The molecule has 4 aliphatic rings. The smallest absolute Gasteiger partial charge is 0.264 e. The standard InChI is InChI=1S/C35H44ClN3O6S/c1-22-6-4-15-35(44-3,18-32(37)40)29-11-8-26(29)19-39-20-34(14-5-7-24-16-27(36)10-12-28(24)34)21-45-31-13-9-25(17-30(31)39)33(41)38-46(42,43)23(22)2/h4,9-10,12-13,15-17,22-23,26,29H,5-8,11,14,18-21H2,1-3H3,(H2,37,40)(H,38,41)/b15-4+/t22-,23+,26-,29+,34-,35+/m0/s1. The monoisotopic (exact) mass is 669 g/mol. The summed E-state index contributed by atoms with van der Waals surface area (Å²) in [6.07, 6.45) is 8.96. The summed E-state index contributed by atoms with van der Waals surface area (Å²) < 4.78 is 41.8. The number of allylic oxidation sites excluding steroid dienone is 1. The number of carbonyl (C=O) groups excluding carboxylic acids is 2. The number of nitrogens with one attached hydrogen (secondary N) is 1. The van der Waals surface area contributed by atoms with E-state index in [9.17, 15) is 18.0 Å². The van der Waals surface area contributed by atoms with Crippen molar-refractivity contribution >= 4 is 39.1 Å². The molecule has 9 nitrogen and oxygen atoms in total. The van der Waals surface area contributed by atoms with E-state index in [0.717, 1.165) is 37.8 Å². The summed E-state index contributed by atoms with van der Waals surface area (Å²) in [5.41, 5.74) is 8.01. The van der Waals surface area contributed by atoms with Gasteiger partial charge in [-0.3, -0.25) is 9.59 Å². The van der Waals surface area contributed by atoms with Crippen LogP contribution in [0.1, 0.15) is 73.9 Å². The van der Waals surface area contributed by atoms with E-state index in [1.165, 1.54) is 11.1 Å². The third kappa shape index (κ3) is 6.04. The molecule has 6 rings (SSSR count). The second kappa shape index (κ2) is 12.5. The minimum atomic E-state index is -3.99. The fourth-order valence-corrected chi connectivity index (χ4v) is 9.59. The Labute approximate surface area is 276 Å². The first-order valence-corrected chi connectivity index (χ1v) is 18.2. The van der Waals surface area contributed by atoms with Crippen LogP contribution in [0.15, 0.2) is 48.6 Å². The highest BCUT2D eigenvalue weighted by molar-refractivity contribution is 7.90. The van der Waals surface area contributed by atoms with Crippen LogP contribution in [-0.4, -0.2) is 57.9 Å². The number of sulfonamides is 1. The van der Waals surface area contributed by atoms with Crippen LogP contribution in [0.3, 0.4) is 0 Å². The Hall–Kier alpha value is -3.08. The van der Waals surface area contributed by atoms with Crippen LogP contribution in [0.4, 0.5) is 5.69 Å². The molecule has 2 aromatic rings. The molecule has 11 heteroatoms. The average molecular weight is 670 g/mol. The molecule has 2 bridgehead atoms. The fraction of sp³-hybridized carbons (Fsp3) is 0.543. The Morgan fingerprint density at radius 1 is 1.20 bits per heavy atom. The maximum Gasteiger partial charge on any atom is 0.264 e. The van der Waals surface area contributed by atoms with E-state index < -0.39 is 32.7 Å². The van der Waals surface area contributed by atoms with E-state index in [1.54, 1.807) is 32.2 Å². The van der Waals surface area contributed by atoms with E-state index in [-0.39, 0.29) is 35.2 Å². The highest BCUT2D eigenvalue weighted by atomic mass is 35.5. The van der Waals surface area contributed by atoms with E-state index in [1.807, 2.05) is 25.1 Å². The van der Waals surface area contributed by atoms with Gasteiger partial charge >= 0.3 is 0 Å². The predicted molar refractivity (Wildman–Crippen MR) is 179 cm³/mol. The maximum atomic E-state index is 13.5. The first-order chi connectivity index (χ1) is 21.9. The molecule has 6 atom stereocenters. The summed E-state index contributed by atoms with van der Waals surface area (Å²) in [6.45, 7) is 5.18. The lowest BCUT2D eigenvalue weighted by Crippen LogP contribution is -2.54. The van der Waals surface area contributed by atoms with Gasteiger partial charge in [-0.25, -0.2) is 13.1 Å². The molecule has 0 radical (unpaired) electrons. The van der Waals surface area contributed by atoms with Gasteiger partial charge in [-0.15, -0.1) is 0 Å². The molecule has 1 spiro atoms. The highest BCUT2D eigenvalue weighted by Crippen LogP contribution is 2.49. The zero-order valence-electron chi connectivity index (χ0n) is 26.8. The Kier molecular flexibility index (Phi) is 8.93. The van der Waals surface area contributed by atoms with Crippen molar-refractivity contribution in [2.75, 3.05) is 31.7 Å². The van der Waals surface area contributed by atoms with Crippen molar-refractivity contribution in [2.45, 2.75) is 75.1 Å². The molecular weight excluding hydrogens is 626 g/mol. The molecule has 46 heavy (non-hydrogen) atoms. The summed E-state index contributed by atoms with van der Waals surface area (Å²) >= 11 is 6.42. The number of nitrogens with two attached hydrogens (primary N) is 1. The summed E-state index contributed by atoms with van der Waals surface area (Å²) in [4.78, 5) is 28.2. The average Bonchev–Trinajstić information content (AvgIpc) is 3.14. The van der Waals surface area contributed by atoms with Crippen molar-refractivity contribution in [1.82, 2.24) is 4.72 Å². The number of anilines is 1. The van der Waals surface area contributed by atoms with Crippen molar-refractivity contribution in [2.24, 2.45) is 23.5 Å². The van der Waals surface area contributed by atoms with Gasteiger partial charge in [-0.05, 0) is 105 Å². The number of carbonyl (C=O) groups is 2. The SMILES string of the molecule is CO[C@@]1(CC(N)=O)/C=C/C[C@H](C)[C@@H](C)S(=O)(=O)NC(=O)c2ccc3c(c2)N(C[C@@H]2CC[C@H]21)C[C@@]1(CCCc2cc(Cl)ccc21)CO3. The van der Waals surface area contributed by atoms with Crippen LogP contribution in [0.2, 0.25) is 5.02 Å². The molecule has 3 N–H and O–H groups in total. The van der Waals surface area contributed by atoms with Crippen molar-refractivity contribution in [3.63, 3.8) is 0 Å². The fourth-order valence-electron chi connectivity index (χ4n) is 8.11. The number of ether oxygens (including phenoxy) is 2. The lowest BCUT2D eigenvalue weighted by molar-refractivity contribution is -0.130. The third-order valence-electron chi connectivity index (χ3n) is 11.1. The first-order valence-electron chi connectivity index (χ1n) is 16.2. The van der Waals surface area contributed by atoms with Gasteiger partial charge in [-0.2, -0.15) is 0 Å². The highest BCUT2D eigenvalue weighted by Gasteiger charge is 2.49. The Morgan fingerprint density at radius 2 is 2.00 bits per heavy atom. The van der Waals surface area contributed by atoms with Gasteiger partial charge in [0.25, 0.3) is 5.91 Å². The molecule has 2 amide bonds. The molecular formula is C35H44ClN3O6S. The molecule has 1 saturated carbocycles. The minimum absolute atomic E-state index is 0.0121. The number of hydrogen-bond acceptors (Lipinski definition) is 7. The summed E-state index contributed by atoms with van der Waals surface area (Å²) in [5.74, 6) is -0.600. The summed E-state index contributed by atoms with van der Waals surface area (Å²) in [6, 6.07) is 11.3. The van der Waals surface area contributed by atoms with Gasteiger partial charge in [-0.1, -0.05) is 36.7 Å². The lowest BCUT2D eigenvalue weighted by atomic mass is 9.62. The quantitative estimate of drug-likeness (QED) is 0.433. The maximum absolute atomic E-state index is 13.5. The van der Waals surface area contributed by atoms with Crippen LogP contribution in [0.5, 0.6) is 5.75 Å². The predicted octanol–water partition coefficient (Wildman–Crippen LogP) is 5.14. The molecule has 2 aliphatic heterocycles. The van der Waals surface area contributed by atoms with Crippen LogP contribution in [-0.2, 0) is 31.4 Å². The number of nitrogens with zero attached hydrogens (tertiary/aromatic N) is 1. The molecule has 2 heterocycles. The van der Waals surface area contributed by atoms with E-state index in [0.29, 0.717) is 36.9 Å². The summed E-state index contributed by atoms with van der Waals surface area (Å²) in [7, 11) is -2.37. The number of hydrogen-bond donors (Lipinski definition) is 2. The minimum Gasteiger partial charge on any atom is -0.490 e. The van der Waals surface area contributed by atoms with Gasteiger partial charge < -0.3 is 20.1 Å². The number of benzene rings is 2. The number of halogens is 1. The van der Waals surface area contributed by atoms with Crippen LogP contribution in [0.25, 0.3) is 0 Å². The molecule has 2 aromatic carbocycles. The molecule has 248 valence electrons. The largest absolute Gasteiger partial charge is 0.490 e. The van der Waals surface area contributed by atoms with Crippen LogP contribution >= 0.6 is 11.6 Å². The molecule has 0 aromatic heterocycles. The van der Waals surface area contributed by atoms with Crippen molar-refractivity contribution in [3.05, 3.63) is 70.3 Å². The number of amides is 2. The van der Waals surface area contributed by atoms with Gasteiger partial charge in [0, 0.05) is 36.2 Å². The molecule has 2 aliphatic carbocycles. The van der Waals surface area contributed by atoms with Gasteiger partial charge in [0.2, 0.25) is 15.9 Å². The van der Waals surface area contributed by atoms with Crippen LogP contribution < -0.4 is 20.1 Å². The van der Waals surface area contributed by atoms with Gasteiger partial charge in [0.15, 0.2) is 0 Å². The first kappa shape index (κ1) is 32.8.